The van der Waals surface area contributed by atoms with Crippen molar-refractivity contribution in [3.63, 3.8) is 0 Å². The van der Waals surface area contributed by atoms with Crippen molar-refractivity contribution in [2.75, 3.05) is 0 Å². The molecule has 7 heteroatoms. The third kappa shape index (κ3) is 2.85. The Hall–Kier alpha value is -0.820. The van der Waals surface area contributed by atoms with E-state index in [4.69, 9.17) is 10.2 Å². The fourth-order valence-electron chi connectivity index (χ4n) is 1.66. The molecule has 3 N–H and O–H groups in total. The molecule has 94 valence electrons. The molecule has 0 aromatic carbocycles. The highest BCUT2D eigenvalue weighted by Gasteiger charge is 2.59. The highest BCUT2D eigenvalue weighted by atomic mass is 19.4. The molecule has 0 aliphatic heterocycles. The van der Waals surface area contributed by atoms with Crippen molar-refractivity contribution >= 4 is 5.91 Å². The Morgan fingerprint density at radius 2 is 1.62 bits per heavy atom. The lowest BCUT2D eigenvalue weighted by Gasteiger charge is -2.28. The van der Waals surface area contributed by atoms with E-state index in [-0.39, 0.29) is 0 Å². The van der Waals surface area contributed by atoms with E-state index in [1.165, 1.54) is 0 Å². The molecule has 1 aliphatic rings. The lowest BCUT2D eigenvalue weighted by molar-refractivity contribution is -0.329. The van der Waals surface area contributed by atoms with Gasteiger partial charge in [0, 0.05) is 6.04 Å². The van der Waals surface area contributed by atoms with E-state index < -0.39 is 23.9 Å². The van der Waals surface area contributed by atoms with Crippen LogP contribution in [0.5, 0.6) is 0 Å². The highest BCUT2D eigenvalue weighted by Crippen LogP contribution is 2.28. The molecule has 0 bridgehead atoms. The lowest BCUT2D eigenvalue weighted by Crippen LogP contribution is -2.58. The van der Waals surface area contributed by atoms with Crippen LogP contribution in [-0.2, 0) is 4.79 Å². The van der Waals surface area contributed by atoms with Crippen LogP contribution in [0.15, 0.2) is 0 Å². The molecule has 1 rings (SSSR count). The van der Waals surface area contributed by atoms with Crippen molar-refractivity contribution in [1.82, 2.24) is 5.32 Å². The monoisotopic (exact) mass is 241 g/mol. The number of amides is 1. The van der Waals surface area contributed by atoms with Crippen molar-refractivity contribution in [2.24, 2.45) is 0 Å². The molecule has 4 nitrogen and oxygen atoms in total. The third-order valence-electron chi connectivity index (χ3n) is 2.65. The van der Waals surface area contributed by atoms with Gasteiger partial charge in [0.25, 0.3) is 5.91 Å². The summed E-state index contributed by atoms with van der Waals surface area (Å²) >= 11 is 0. The molecule has 1 amide bonds. The van der Waals surface area contributed by atoms with Gasteiger partial charge in [-0.3, -0.25) is 4.79 Å². The summed E-state index contributed by atoms with van der Waals surface area (Å²) in [5, 5.41) is 19.3. The minimum atomic E-state index is -5.38. The first-order chi connectivity index (χ1) is 7.25. The molecule has 0 heterocycles. The van der Waals surface area contributed by atoms with Crippen LogP contribution in [-0.4, -0.2) is 34.1 Å². The molecular weight excluding hydrogens is 227 g/mol. The van der Waals surface area contributed by atoms with E-state index in [1.54, 1.807) is 0 Å². The average molecular weight is 241 g/mol. The zero-order valence-corrected chi connectivity index (χ0v) is 8.55. The van der Waals surface area contributed by atoms with Gasteiger partial charge in [-0.05, 0) is 12.8 Å². The van der Waals surface area contributed by atoms with E-state index >= 15 is 0 Å². The molecule has 0 aromatic heterocycles. The Bertz CT molecular complexity index is 259. The fraction of sp³-hybridized carbons (Fsp3) is 0.889. The maximum atomic E-state index is 12.1. The van der Waals surface area contributed by atoms with E-state index in [9.17, 15) is 18.0 Å². The van der Waals surface area contributed by atoms with Crippen LogP contribution in [0.3, 0.4) is 0 Å². The fourth-order valence-corrected chi connectivity index (χ4v) is 1.66. The Balaban J connectivity index is 2.57. The van der Waals surface area contributed by atoms with Crippen LogP contribution in [0.1, 0.15) is 32.1 Å². The summed E-state index contributed by atoms with van der Waals surface area (Å²) in [6, 6.07) is -0.401. The summed E-state index contributed by atoms with van der Waals surface area (Å²) in [5.74, 6) is -6.10. The summed E-state index contributed by atoms with van der Waals surface area (Å²) in [6.45, 7) is 0. The highest BCUT2D eigenvalue weighted by molar-refractivity contribution is 5.84. The first-order valence-corrected chi connectivity index (χ1v) is 5.07. The van der Waals surface area contributed by atoms with Crippen molar-refractivity contribution < 1.29 is 28.2 Å². The zero-order valence-electron chi connectivity index (χ0n) is 8.55. The van der Waals surface area contributed by atoms with E-state index in [2.05, 4.69) is 0 Å². The quantitative estimate of drug-likeness (QED) is 0.623. The molecule has 0 atom stereocenters. The minimum Gasteiger partial charge on any atom is -0.351 e. The van der Waals surface area contributed by atoms with Crippen LogP contribution in [0, 0.1) is 0 Å². The number of hydrogen-bond donors (Lipinski definition) is 3. The number of alkyl halides is 3. The van der Waals surface area contributed by atoms with Gasteiger partial charge in [0.05, 0.1) is 0 Å². The first kappa shape index (κ1) is 13.2. The predicted octanol–water partition coefficient (Wildman–Crippen LogP) is 0.678. The van der Waals surface area contributed by atoms with Crippen molar-refractivity contribution in [2.45, 2.75) is 50.1 Å². The largest absolute Gasteiger partial charge is 0.453 e. The molecule has 0 saturated heterocycles. The number of halogens is 3. The summed E-state index contributed by atoms with van der Waals surface area (Å²) in [4.78, 5) is 11.0. The lowest BCUT2D eigenvalue weighted by atomic mass is 9.95. The predicted molar refractivity (Wildman–Crippen MR) is 48.2 cm³/mol. The second kappa shape index (κ2) is 4.58. The standard InChI is InChI=1S/C9H14F3NO3/c10-9(11,12)8(15,16)7(14)13-6-4-2-1-3-5-6/h6,15-16H,1-5H2,(H,13,14). The number of rotatable bonds is 2. The van der Waals surface area contributed by atoms with Gasteiger partial charge in [0.2, 0.25) is 0 Å². The second-order valence-electron chi connectivity index (χ2n) is 3.98. The third-order valence-corrected chi connectivity index (χ3v) is 2.65. The molecule has 1 aliphatic carbocycles. The molecule has 0 spiro atoms. The molecule has 0 unspecified atom stereocenters. The maximum absolute atomic E-state index is 12.1. The molecular formula is C9H14F3NO3. The van der Waals surface area contributed by atoms with Gasteiger partial charge < -0.3 is 15.5 Å². The number of aliphatic hydroxyl groups is 2. The van der Waals surface area contributed by atoms with Crippen molar-refractivity contribution in [1.29, 1.82) is 0 Å². The molecule has 1 saturated carbocycles. The van der Waals surface area contributed by atoms with Gasteiger partial charge in [0.1, 0.15) is 0 Å². The number of nitrogens with one attached hydrogen (secondary N) is 1. The number of hydrogen-bond acceptors (Lipinski definition) is 3. The maximum Gasteiger partial charge on any atom is 0.453 e. The van der Waals surface area contributed by atoms with Crippen LogP contribution < -0.4 is 5.32 Å². The van der Waals surface area contributed by atoms with E-state index in [1.807, 2.05) is 5.32 Å². The van der Waals surface area contributed by atoms with E-state index in [0.29, 0.717) is 12.8 Å². The Labute approximate surface area is 90.4 Å². The summed E-state index contributed by atoms with van der Waals surface area (Å²) in [7, 11) is 0. The molecule has 0 aromatic rings. The second-order valence-corrected chi connectivity index (χ2v) is 3.98. The van der Waals surface area contributed by atoms with Gasteiger partial charge in [-0.25, -0.2) is 0 Å². The van der Waals surface area contributed by atoms with Gasteiger partial charge in [-0.15, -0.1) is 0 Å². The molecule has 0 radical (unpaired) electrons. The van der Waals surface area contributed by atoms with Crippen LogP contribution in [0.4, 0.5) is 13.2 Å². The smallest absolute Gasteiger partial charge is 0.351 e. The summed E-state index contributed by atoms with van der Waals surface area (Å²) in [5.41, 5.74) is 0. The van der Waals surface area contributed by atoms with Crippen LogP contribution >= 0.6 is 0 Å². The van der Waals surface area contributed by atoms with Gasteiger partial charge >= 0.3 is 12.0 Å². The SMILES string of the molecule is O=C(NC1CCCCC1)C(O)(O)C(F)(F)F. The zero-order chi connectivity index (χ0) is 12.4. The van der Waals surface area contributed by atoms with Crippen molar-refractivity contribution in [3.8, 4) is 0 Å². The first-order valence-electron chi connectivity index (χ1n) is 5.07. The molecule has 16 heavy (non-hydrogen) atoms. The summed E-state index contributed by atoms with van der Waals surface area (Å²) in [6.07, 6.45) is -1.62. The molecule has 1 fully saturated rings. The van der Waals surface area contributed by atoms with Crippen LogP contribution in [0.25, 0.3) is 0 Å². The van der Waals surface area contributed by atoms with Crippen LogP contribution in [0.2, 0.25) is 0 Å². The Morgan fingerprint density at radius 3 is 2.06 bits per heavy atom. The van der Waals surface area contributed by atoms with E-state index in [0.717, 1.165) is 19.3 Å². The topological polar surface area (TPSA) is 69.6 Å². The minimum absolute atomic E-state index is 0.401. The Kier molecular flexibility index (Phi) is 3.80. The number of carbonyl (C=O) groups excluding carboxylic acids is 1. The van der Waals surface area contributed by atoms with Crippen molar-refractivity contribution in [3.05, 3.63) is 0 Å². The van der Waals surface area contributed by atoms with Gasteiger partial charge in [-0.2, -0.15) is 13.2 Å². The Morgan fingerprint density at radius 1 is 1.12 bits per heavy atom. The van der Waals surface area contributed by atoms with Gasteiger partial charge in [0.15, 0.2) is 0 Å². The number of carbonyl (C=O) groups is 1. The normalized spacial score (nSPS) is 19.6. The van der Waals surface area contributed by atoms with Gasteiger partial charge in [-0.1, -0.05) is 19.3 Å². The average Bonchev–Trinajstić information content (AvgIpc) is 2.17. The summed E-state index contributed by atoms with van der Waals surface area (Å²) < 4.78 is 36.2.